The number of nitrogens with one attached hydrogen (secondary N) is 1. The minimum atomic E-state index is -0.301. The Balaban J connectivity index is 1.69. The molecule has 152 valence electrons. The van der Waals surface area contributed by atoms with Gasteiger partial charge in [-0.1, -0.05) is 52.6 Å². The first-order valence-corrected chi connectivity index (χ1v) is 11.1. The van der Waals surface area contributed by atoms with Crippen LogP contribution in [0.2, 0.25) is 15.1 Å². The van der Waals surface area contributed by atoms with Crippen LogP contribution in [0.4, 0.5) is 0 Å². The van der Waals surface area contributed by atoms with Gasteiger partial charge in [-0.2, -0.15) is 0 Å². The van der Waals surface area contributed by atoms with Gasteiger partial charge in [-0.25, -0.2) is 0 Å². The Morgan fingerprint density at radius 2 is 1.83 bits per heavy atom. The highest BCUT2D eigenvalue weighted by Crippen LogP contribution is 2.28. The molecule has 29 heavy (non-hydrogen) atoms. The second-order valence-corrected chi connectivity index (χ2v) is 8.52. The molecule has 1 amide bonds. The lowest BCUT2D eigenvalue weighted by molar-refractivity contribution is 0.0937. The molecule has 0 saturated heterocycles. The number of nitrogens with zero attached hydrogens (tertiary/aromatic N) is 3. The standard InChI is InChI=1S/C20H19Cl3N4OS/c1-3-27-18(12(2)24-19(28)14-5-7-15(21)8-6-14)25-26-20(27)29-11-13-4-9-16(22)17(23)10-13/h4-10,12H,3,11H2,1-2H3,(H,24,28)/t12-/m1/s1. The van der Waals surface area contributed by atoms with Crippen molar-refractivity contribution in [1.29, 1.82) is 0 Å². The lowest BCUT2D eigenvalue weighted by atomic mass is 10.2. The second kappa shape index (κ2) is 9.85. The van der Waals surface area contributed by atoms with Gasteiger partial charge in [-0.3, -0.25) is 4.79 Å². The summed E-state index contributed by atoms with van der Waals surface area (Å²) >= 11 is 19.5. The van der Waals surface area contributed by atoms with Gasteiger partial charge in [0.25, 0.3) is 5.91 Å². The molecule has 5 nitrogen and oxygen atoms in total. The van der Waals surface area contributed by atoms with Crippen molar-refractivity contribution in [1.82, 2.24) is 20.1 Å². The smallest absolute Gasteiger partial charge is 0.251 e. The predicted octanol–water partition coefficient (Wildman–Crippen LogP) is 6.04. The highest BCUT2D eigenvalue weighted by molar-refractivity contribution is 7.98. The number of amides is 1. The maximum Gasteiger partial charge on any atom is 0.251 e. The Morgan fingerprint density at radius 3 is 2.48 bits per heavy atom. The largest absolute Gasteiger partial charge is 0.342 e. The molecule has 0 aliphatic carbocycles. The molecule has 0 aliphatic rings. The Bertz CT molecular complexity index is 1010. The van der Waals surface area contributed by atoms with Gasteiger partial charge in [0.1, 0.15) is 0 Å². The van der Waals surface area contributed by atoms with Crippen LogP contribution in [0.1, 0.15) is 41.6 Å². The van der Waals surface area contributed by atoms with Crippen molar-refractivity contribution in [3.8, 4) is 0 Å². The fourth-order valence-corrected chi connectivity index (χ4v) is 4.15. The normalized spacial score (nSPS) is 12.0. The molecule has 0 radical (unpaired) electrons. The summed E-state index contributed by atoms with van der Waals surface area (Å²) < 4.78 is 2.00. The molecule has 0 aliphatic heterocycles. The van der Waals surface area contributed by atoms with E-state index in [1.165, 1.54) is 0 Å². The summed E-state index contributed by atoms with van der Waals surface area (Å²) in [6.07, 6.45) is 0. The summed E-state index contributed by atoms with van der Waals surface area (Å²) in [4.78, 5) is 12.5. The summed E-state index contributed by atoms with van der Waals surface area (Å²) in [5.41, 5.74) is 1.58. The lowest BCUT2D eigenvalue weighted by Crippen LogP contribution is -2.28. The van der Waals surface area contributed by atoms with E-state index in [0.717, 1.165) is 10.7 Å². The van der Waals surface area contributed by atoms with Crippen molar-refractivity contribution in [3.63, 3.8) is 0 Å². The van der Waals surface area contributed by atoms with Crippen molar-refractivity contribution in [3.05, 3.63) is 74.5 Å². The van der Waals surface area contributed by atoms with Gasteiger partial charge >= 0.3 is 0 Å². The maximum absolute atomic E-state index is 12.5. The Kier molecular flexibility index (Phi) is 7.46. The minimum Gasteiger partial charge on any atom is -0.342 e. The summed E-state index contributed by atoms with van der Waals surface area (Å²) in [6.45, 7) is 4.59. The average molecular weight is 470 g/mol. The number of halogens is 3. The van der Waals surface area contributed by atoms with Crippen LogP contribution in [-0.4, -0.2) is 20.7 Å². The zero-order valence-electron chi connectivity index (χ0n) is 15.8. The van der Waals surface area contributed by atoms with Crippen LogP contribution in [0.3, 0.4) is 0 Å². The second-order valence-electron chi connectivity index (χ2n) is 6.32. The number of carbonyl (C=O) groups excluding carboxylic acids is 1. The van der Waals surface area contributed by atoms with E-state index in [2.05, 4.69) is 15.5 Å². The third kappa shape index (κ3) is 5.45. The minimum absolute atomic E-state index is 0.190. The van der Waals surface area contributed by atoms with Gasteiger partial charge in [0.15, 0.2) is 11.0 Å². The van der Waals surface area contributed by atoms with Crippen LogP contribution in [0.5, 0.6) is 0 Å². The van der Waals surface area contributed by atoms with Crippen LogP contribution in [0.25, 0.3) is 0 Å². The molecule has 9 heteroatoms. The van der Waals surface area contributed by atoms with Gasteiger partial charge in [0, 0.05) is 22.9 Å². The number of thioether (sulfide) groups is 1. The first-order chi connectivity index (χ1) is 13.9. The molecule has 0 saturated carbocycles. The quantitative estimate of drug-likeness (QED) is 0.428. The molecule has 0 spiro atoms. The Hall–Kier alpha value is -1.73. The van der Waals surface area contributed by atoms with Crippen LogP contribution in [-0.2, 0) is 12.3 Å². The zero-order chi connectivity index (χ0) is 21.0. The van der Waals surface area contributed by atoms with Crippen LogP contribution < -0.4 is 5.32 Å². The maximum atomic E-state index is 12.5. The van der Waals surface area contributed by atoms with Crippen molar-refractivity contribution in [2.75, 3.05) is 0 Å². The fourth-order valence-electron chi connectivity index (χ4n) is 2.75. The molecule has 2 aromatic carbocycles. The van der Waals surface area contributed by atoms with E-state index in [4.69, 9.17) is 34.8 Å². The fraction of sp³-hybridized carbons (Fsp3) is 0.250. The van der Waals surface area contributed by atoms with E-state index in [9.17, 15) is 4.79 Å². The van der Waals surface area contributed by atoms with E-state index in [-0.39, 0.29) is 11.9 Å². The van der Waals surface area contributed by atoms with E-state index in [1.807, 2.05) is 30.5 Å². The summed E-state index contributed by atoms with van der Waals surface area (Å²) in [7, 11) is 0. The number of hydrogen-bond acceptors (Lipinski definition) is 4. The van der Waals surface area contributed by atoms with Crippen LogP contribution in [0.15, 0.2) is 47.6 Å². The third-order valence-corrected chi connectivity index (χ3v) is 6.28. The SMILES string of the molecule is CCn1c(SCc2ccc(Cl)c(Cl)c2)nnc1[C@@H](C)NC(=O)c1ccc(Cl)cc1. The van der Waals surface area contributed by atoms with E-state index >= 15 is 0 Å². The molecule has 1 heterocycles. The predicted molar refractivity (Wildman–Crippen MR) is 119 cm³/mol. The van der Waals surface area contributed by atoms with Gasteiger partial charge in [-0.15, -0.1) is 10.2 Å². The van der Waals surface area contributed by atoms with E-state index in [0.29, 0.717) is 38.8 Å². The van der Waals surface area contributed by atoms with E-state index < -0.39 is 0 Å². The molecule has 3 aromatic rings. The number of rotatable bonds is 7. The van der Waals surface area contributed by atoms with Crippen molar-refractivity contribution < 1.29 is 4.79 Å². The third-order valence-electron chi connectivity index (χ3n) is 4.25. The van der Waals surface area contributed by atoms with E-state index in [1.54, 1.807) is 42.1 Å². The number of carbonyl (C=O) groups is 1. The van der Waals surface area contributed by atoms with Gasteiger partial charge in [0.05, 0.1) is 16.1 Å². The van der Waals surface area contributed by atoms with Gasteiger partial charge in [-0.05, 0) is 55.8 Å². The molecule has 1 N–H and O–H groups in total. The van der Waals surface area contributed by atoms with Crippen molar-refractivity contribution >= 4 is 52.5 Å². The highest BCUT2D eigenvalue weighted by atomic mass is 35.5. The molecule has 3 rings (SSSR count). The van der Waals surface area contributed by atoms with Crippen molar-refractivity contribution in [2.45, 2.75) is 37.3 Å². The topological polar surface area (TPSA) is 59.8 Å². The summed E-state index contributed by atoms with van der Waals surface area (Å²) in [6, 6.07) is 12.0. The first kappa shape index (κ1) is 22.0. The Labute approximate surface area is 188 Å². The molecule has 0 unspecified atom stereocenters. The molecule has 1 atom stereocenters. The Morgan fingerprint density at radius 1 is 1.10 bits per heavy atom. The van der Waals surface area contributed by atoms with Crippen LogP contribution in [0, 0.1) is 0 Å². The molecule has 0 bridgehead atoms. The first-order valence-electron chi connectivity index (χ1n) is 8.95. The van der Waals surface area contributed by atoms with Crippen molar-refractivity contribution in [2.24, 2.45) is 0 Å². The number of aromatic nitrogens is 3. The summed E-state index contributed by atoms with van der Waals surface area (Å²) in [5.74, 6) is 1.19. The van der Waals surface area contributed by atoms with Crippen LogP contribution >= 0.6 is 46.6 Å². The monoisotopic (exact) mass is 468 g/mol. The van der Waals surface area contributed by atoms with Gasteiger partial charge < -0.3 is 9.88 Å². The van der Waals surface area contributed by atoms with Gasteiger partial charge in [0.2, 0.25) is 0 Å². The molecular formula is C20H19Cl3N4OS. The molecular weight excluding hydrogens is 451 g/mol. The lowest BCUT2D eigenvalue weighted by Gasteiger charge is -2.15. The highest BCUT2D eigenvalue weighted by Gasteiger charge is 2.19. The molecule has 1 aromatic heterocycles. The molecule has 0 fully saturated rings. The number of hydrogen-bond donors (Lipinski definition) is 1. The average Bonchev–Trinajstić information content (AvgIpc) is 3.12. The number of benzene rings is 2. The summed E-state index contributed by atoms with van der Waals surface area (Å²) in [5, 5.41) is 14.0. The zero-order valence-corrected chi connectivity index (χ0v) is 18.9.